The summed E-state index contributed by atoms with van der Waals surface area (Å²) in [6, 6.07) is 0. The van der Waals surface area contributed by atoms with Crippen LogP contribution < -0.4 is 0 Å². The molecule has 7 heteroatoms. The Hall–Kier alpha value is -1.11. The number of aliphatic hydroxyl groups is 1. The van der Waals surface area contributed by atoms with E-state index in [1.165, 1.54) is 0 Å². The Balaban J connectivity index is 2.51. The SMILES string of the molecule is CC(C)CCc1noc(CC(O)C(F)(F)F)n1. The van der Waals surface area contributed by atoms with Crippen LogP contribution in [0.2, 0.25) is 0 Å². The normalized spacial score (nSPS) is 14.3. The summed E-state index contributed by atoms with van der Waals surface area (Å²) in [4.78, 5) is 3.80. The summed E-state index contributed by atoms with van der Waals surface area (Å²) in [6.45, 7) is 4.04. The summed E-state index contributed by atoms with van der Waals surface area (Å²) in [5.74, 6) is 0.648. The summed E-state index contributed by atoms with van der Waals surface area (Å²) in [6.07, 6.45) is -6.42. The van der Waals surface area contributed by atoms with E-state index in [-0.39, 0.29) is 5.89 Å². The lowest BCUT2D eigenvalue weighted by molar-refractivity contribution is -0.204. The average molecular weight is 252 g/mol. The topological polar surface area (TPSA) is 59.2 Å². The molecule has 0 aliphatic rings. The standard InChI is InChI=1S/C10H15F3N2O2/c1-6(2)3-4-8-14-9(17-15-8)5-7(16)10(11,12)13/h6-7,16H,3-5H2,1-2H3. The lowest BCUT2D eigenvalue weighted by atomic mass is 10.1. The monoisotopic (exact) mass is 252 g/mol. The number of aromatic nitrogens is 2. The van der Waals surface area contributed by atoms with Crippen molar-refractivity contribution in [1.29, 1.82) is 0 Å². The second-order valence-electron chi connectivity index (χ2n) is 4.30. The van der Waals surface area contributed by atoms with Gasteiger partial charge in [-0.15, -0.1) is 0 Å². The van der Waals surface area contributed by atoms with E-state index < -0.39 is 18.7 Å². The minimum absolute atomic E-state index is 0.186. The van der Waals surface area contributed by atoms with Crippen molar-refractivity contribution < 1.29 is 22.8 Å². The third-order valence-electron chi connectivity index (χ3n) is 2.20. The molecule has 0 bridgehead atoms. The molecule has 0 spiro atoms. The molecule has 0 aromatic carbocycles. The van der Waals surface area contributed by atoms with Gasteiger partial charge in [0.25, 0.3) is 0 Å². The van der Waals surface area contributed by atoms with Gasteiger partial charge in [-0.3, -0.25) is 0 Å². The number of hydrogen-bond acceptors (Lipinski definition) is 4. The molecular weight excluding hydrogens is 237 g/mol. The molecule has 1 atom stereocenters. The number of hydrogen-bond donors (Lipinski definition) is 1. The van der Waals surface area contributed by atoms with E-state index in [0.717, 1.165) is 6.42 Å². The lowest BCUT2D eigenvalue weighted by Gasteiger charge is -2.11. The number of nitrogens with zero attached hydrogens (tertiary/aromatic N) is 2. The predicted molar refractivity (Wildman–Crippen MR) is 53.2 cm³/mol. The van der Waals surface area contributed by atoms with Gasteiger partial charge in [-0.1, -0.05) is 19.0 Å². The third-order valence-corrected chi connectivity index (χ3v) is 2.20. The first kappa shape index (κ1) is 14.0. The second kappa shape index (κ2) is 5.48. The van der Waals surface area contributed by atoms with E-state index in [0.29, 0.717) is 18.2 Å². The van der Waals surface area contributed by atoms with Crippen molar-refractivity contribution in [3.63, 3.8) is 0 Å². The molecular formula is C10H15F3N2O2. The van der Waals surface area contributed by atoms with Gasteiger partial charge in [0.2, 0.25) is 5.89 Å². The predicted octanol–water partition coefficient (Wildman–Crippen LogP) is 2.12. The molecule has 0 saturated heterocycles. The van der Waals surface area contributed by atoms with Gasteiger partial charge in [0.05, 0.1) is 6.42 Å². The molecule has 0 aliphatic heterocycles. The van der Waals surface area contributed by atoms with Crippen molar-refractivity contribution >= 4 is 0 Å². The molecule has 98 valence electrons. The molecule has 1 rings (SSSR count). The van der Waals surface area contributed by atoms with Crippen LogP contribution in [0.3, 0.4) is 0 Å². The van der Waals surface area contributed by atoms with Gasteiger partial charge in [0.1, 0.15) is 0 Å². The van der Waals surface area contributed by atoms with E-state index in [4.69, 9.17) is 5.11 Å². The Labute approximate surface area is 96.8 Å². The van der Waals surface area contributed by atoms with E-state index in [1.54, 1.807) is 0 Å². The van der Waals surface area contributed by atoms with Crippen molar-refractivity contribution in [2.75, 3.05) is 0 Å². The Morgan fingerprint density at radius 1 is 1.35 bits per heavy atom. The van der Waals surface area contributed by atoms with E-state index in [1.807, 2.05) is 13.8 Å². The van der Waals surface area contributed by atoms with Crippen LogP contribution in [0.15, 0.2) is 4.52 Å². The van der Waals surface area contributed by atoms with Crippen molar-refractivity contribution in [3.8, 4) is 0 Å². The molecule has 0 fully saturated rings. The fraction of sp³-hybridized carbons (Fsp3) is 0.800. The Kier molecular flexibility index (Phi) is 4.50. The average Bonchev–Trinajstić information content (AvgIpc) is 2.61. The first-order valence-corrected chi connectivity index (χ1v) is 5.35. The highest BCUT2D eigenvalue weighted by atomic mass is 19.4. The van der Waals surface area contributed by atoms with Crippen LogP contribution in [0.5, 0.6) is 0 Å². The Morgan fingerprint density at radius 2 is 2.00 bits per heavy atom. The van der Waals surface area contributed by atoms with Gasteiger partial charge in [0, 0.05) is 6.42 Å². The summed E-state index contributed by atoms with van der Waals surface area (Å²) >= 11 is 0. The van der Waals surface area contributed by atoms with Crippen LogP contribution in [-0.4, -0.2) is 27.5 Å². The van der Waals surface area contributed by atoms with Crippen molar-refractivity contribution in [2.45, 2.75) is 45.4 Å². The summed E-state index contributed by atoms with van der Waals surface area (Å²) in [7, 11) is 0. The molecule has 1 heterocycles. The molecule has 1 aromatic rings. The molecule has 0 amide bonds. The maximum atomic E-state index is 12.1. The maximum absolute atomic E-state index is 12.1. The van der Waals surface area contributed by atoms with Crippen LogP contribution in [0.4, 0.5) is 13.2 Å². The summed E-state index contributed by atoms with van der Waals surface area (Å²) < 4.78 is 40.8. The number of alkyl halides is 3. The first-order valence-electron chi connectivity index (χ1n) is 5.35. The first-order chi connectivity index (χ1) is 7.79. The highest BCUT2D eigenvalue weighted by Gasteiger charge is 2.39. The number of halogens is 3. The highest BCUT2D eigenvalue weighted by Crippen LogP contribution is 2.22. The molecule has 1 aromatic heterocycles. The smallest absolute Gasteiger partial charge is 0.383 e. The zero-order valence-corrected chi connectivity index (χ0v) is 9.66. The van der Waals surface area contributed by atoms with Crippen molar-refractivity contribution in [2.24, 2.45) is 5.92 Å². The minimum Gasteiger partial charge on any atom is -0.383 e. The number of rotatable bonds is 5. The van der Waals surface area contributed by atoms with Gasteiger partial charge in [-0.05, 0) is 12.3 Å². The van der Waals surface area contributed by atoms with Gasteiger partial charge in [-0.2, -0.15) is 18.2 Å². The summed E-state index contributed by atoms with van der Waals surface area (Å²) in [5.41, 5.74) is 0. The Morgan fingerprint density at radius 3 is 2.53 bits per heavy atom. The van der Waals surface area contributed by atoms with Gasteiger partial charge >= 0.3 is 6.18 Å². The fourth-order valence-electron chi connectivity index (χ4n) is 1.17. The number of aryl methyl sites for hydroxylation is 1. The van der Waals surface area contributed by atoms with Crippen molar-refractivity contribution in [3.05, 3.63) is 11.7 Å². The largest absolute Gasteiger partial charge is 0.414 e. The van der Waals surface area contributed by atoms with Crippen LogP contribution in [0, 0.1) is 5.92 Å². The zero-order chi connectivity index (χ0) is 13.1. The van der Waals surface area contributed by atoms with Crippen molar-refractivity contribution in [1.82, 2.24) is 10.1 Å². The molecule has 17 heavy (non-hydrogen) atoms. The molecule has 1 unspecified atom stereocenters. The van der Waals surface area contributed by atoms with E-state index in [9.17, 15) is 13.2 Å². The van der Waals surface area contributed by atoms with E-state index in [2.05, 4.69) is 14.7 Å². The quantitative estimate of drug-likeness (QED) is 0.872. The van der Waals surface area contributed by atoms with Crippen LogP contribution >= 0.6 is 0 Å². The molecule has 0 saturated carbocycles. The lowest BCUT2D eigenvalue weighted by Crippen LogP contribution is -2.30. The van der Waals surface area contributed by atoms with Gasteiger partial charge < -0.3 is 9.63 Å². The third kappa shape index (κ3) is 4.72. The summed E-state index contributed by atoms with van der Waals surface area (Å²) in [5, 5.41) is 12.4. The molecule has 4 nitrogen and oxygen atoms in total. The zero-order valence-electron chi connectivity index (χ0n) is 9.66. The molecule has 1 N–H and O–H groups in total. The number of aliphatic hydroxyl groups excluding tert-OH is 1. The second-order valence-corrected chi connectivity index (χ2v) is 4.30. The maximum Gasteiger partial charge on any atom is 0.414 e. The van der Waals surface area contributed by atoms with Crippen LogP contribution in [0.25, 0.3) is 0 Å². The highest BCUT2D eigenvalue weighted by molar-refractivity contribution is 4.89. The Bertz CT molecular complexity index is 350. The van der Waals surface area contributed by atoms with Gasteiger partial charge in [-0.25, -0.2) is 0 Å². The molecule has 0 radical (unpaired) electrons. The fourth-order valence-corrected chi connectivity index (χ4v) is 1.17. The minimum atomic E-state index is -4.66. The molecule has 0 aliphatic carbocycles. The van der Waals surface area contributed by atoms with E-state index >= 15 is 0 Å². The van der Waals surface area contributed by atoms with Gasteiger partial charge in [0.15, 0.2) is 11.9 Å². The van der Waals surface area contributed by atoms with Crippen LogP contribution in [0.1, 0.15) is 32.0 Å². The van der Waals surface area contributed by atoms with Crippen LogP contribution in [-0.2, 0) is 12.8 Å².